The van der Waals surface area contributed by atoms with Crippen LogP contribution in [-0.2, 0) is 13.0 Å². The van der Waals surface area contributed by atoms with Crippen molar-refractivity contribution in [1.29, 1.82) is 0 Å². The molecule has 0 heterocycles. The van der Waals surface area contributed by atoms with Gasteiger partial charge in [-0.15, -0.1) is 0 Å². The fraction of sp³-hybridized carbons (Fsp3) is 0.294. The van der Waals surface area contributed by atoms with Crippen molar-refractivity contribution in [3.63, 3.8) is 0 Å². The van der Waals surface area contributed by atoms with Crippen LogP contribution in [-0.4, -0.2) is 11.1 Å². The van der Waals surface area contributed by atoms with E-state index in [2.05, 4.69) is 46.4 Å². The molecule has 0 aliphatic carbocycles. The Morgan fingerprint density at radius 3 is 2.50 bits per heavy atom. The summed E-state index contributed by atoms with van der Waals surface area (Å²) in [4.78, 5) is 0. The van der Waals surface area contributed by atoms with E-state index >= 15 is 0 Å². The largest absolute Gasteiger partial charge is 0.508 e. The van der Waals surface area contributed by atoms with E-state index < -0.39 is 0 Å². The maximum atomic E-state index is 9.25. The summed E-state index contributed by atoms with van der Waals surface area (Å²) in [7, 11) is 0. The van der Waals surface area contributed by atoms with Gasteiger partial charge in [0.15, 0.2) is 0 Å². The van der Waals surface area contributed by atoms with E-state index in [-0.39, 0.29) is 0 Å². The Morgan fingerprint density at radius 1 is 1.10 bits per heavy atom. The predicted molar refractivity (Wildman–Crippen MR) is 86.9 cm³/mol. The monoisotopic (exact) mass is 333 g/mol. The fourth-order valence-electron chi connectivity index (χ4n) is 2.07. The number of benzene rings is 2. The molecule has 2 nitrogen and oxygen atoms in total. The molecule has 0 aliphatic heterocycles. The van der Waals surface area contributed by atoms with Crippen molar-refractivity contribution in [2.75, 3.05) is 0 Å². The van der Waals surface area contributed by atoms with Crippen LogP contribution in [0, 0.1) is 0 Å². The van der Waals surface area contributed by atoms with Crippen LogP contribution < -0.4 is 5.32 Å². The van der Waals surface area contributed by atoms with Crippen LogP contribution in [0.1, 0.15) is 24.5 Å². The van der Waals surface area contributed by atoms with Crippen molar-refractivity contribution in [2.24, 2.45) is 0 Å². The highest BCUT2D eigenvalue weighted by Gasteiger charge is 2.04. The number of halogens is 1. The van der Waals surface area contributed by atoms with Crippen molar-refractivity contribution in [1.82, 2.24) is 5.32 Å². The minimum Gasteiger partial charge on any atom is -0.508 e. The second-order valence-electron chi connectivity index (χ2n) is 5.08. The van der Waals surface area contributed by atoms with Crippen LogP contribution in [0.3, 0.4) is 0 Å². The molecule has 0 saturated carbocycles. The number of hydrogen-bond donors (Lipinski definition) is 2. The van der Waals surface area contributed by atoms with E-state index in [0.29, 0.717) is 11.8 Å². The third kappa shape index (κ3) is 4.66. The molecule has 106 valence electrons. The molecule has 0 fully saturated rings. The topological polar surface area (TPSA) is 32.3 Å². The molecule has 2 N–H and O–H groups in total. The molecule has 20 heavy (non-hydrogen) atoms. The zero-order chi connectivity index (χ0) is 14.4. The number of nitrogens with one attached hydrogen (secondary N) is 1. The van der Waals surface area contributed by atoms with Gasteiger partial charge < -0.3 is 10.4 Å². The van der Waals surface area contributed by atoms with Gasteiger partial charge in [0, 0.05) is 17.1 Å². The fourth-order valence-corrected chi connectivity index (χ4v) is 2.50. The first-order valence-corrected chi connectivity index (χ1v) is 7.69. The van der Waals surface area contributed by atoms with Crippen LogP contribution in [0.4, 0.5) is 0 Å². The van der Waals surface area contributed by atoms with Gasteiger partial charge in [0.1, 0.15) is 5.75 Å². The standard InChI is InChI=1S/C17H20BrNO/c1-13(6-7-14-8-10-16(20)11-9-14)19-12-15-4-2-3-5-17(15)18/h2-5,8-11,13,19-20H,6-7,12H2,1H3/t13-/m0/s1. The Balaban J connectivity index is 1.77. The number of hydrogen-bond acceptors (Lipinski definition) is 2. The molecule has 0 radical (unpaired) electrons. The molecule has 0 aliphatic rings. The second kappa shape index (κ2) is 7.46. The SMILES string of the molecule is C[C@@H](CCc1ccc(O)cc1)NCc1ccccc1Br. The first-order chi connectivity index (χ1) is 9.65. The molecule has 0 unspecified atom stereocenters. The van der Waals surface area contributed by atoms with E-state index in [1.807, 2.05) is 18.2 Å². The third-order valence-corrected chi connectivity index (χ3v) is 4.17. The number of phenols is 1. The predicted octanol–water partition coefficient (Wildman–Crippen LogP) is 4.27. The highest BCUT2D eigenvalue weighted by Crippen LogP contribution is 2.16. The van der Waals surface area contributed by atoms with Gasteiger partial charge in [-0.3, -0.25) is 0 Å². The lowest BCUT2D eigenvalue weighted by molar-refractivity contribution is 0.474. The summed E-state index contributed by atoms with van der Waals surface area (Å²) in [6, 6.07) is 16.2. The van der Waals surface area contributed by atoms with Crippen LogP contribution in [0.2, 0.25) is 0 Å². The Labute approximate surface area is 129 Å². The first-order valence-electron chi connectivity index (χ1n) is 6.90. The van der Waals surface area contributed by atoms with E-state index in [0.717, 1.165) is 23.9 Å². The summed E-state index contributed by atoms with van der Waals surface area (Å²) in [6.07, 6.45) is 2.10. The Morgan fingerprint density at radius 2 is 1.80 bits per heavy atom. The maximum Gasteiger partial charge on any atom is 0.115 e. The summed E-state index contributed by atoms with van der Waals surface area (Å²) >= 11 is 3.57. The van der Waals surface area contributed by atoms with Crippen LogP contribution in [0.15, 0.2) is 53.0 Å². The third-order valence-electron chi connectivity index (χ3n) is 3.40. The van der Waals surface area contributed by atoms with Crippen molar-refractivity contribution in [3.05, 3.63) is 64.1 Å². The lowest BCUT2D eigenvalue weighted by atomic mass is 10.1. The average molecular weight is 334 g/mol. The van der Waals surface area contributed by atoms with Gasteiger partial charge in [0.05, 0.1) is 0 Å². The number of phenolic OH excluding ortho intramolecular Hbond substituents is 1. The molecule has 0 aromatic heterocycles. The van der Waals surface area contributed by atoms with Crippen molar-refractivity contribution in [2.45, 2.75) is 32.4 Å². The van der Waals surface area contributed by atoms with Crippen LogP contribution in [0.25, 0.3) is 0 Å². The second-order valence-corrected chi connectivity index (χ2v) is 5.93. The van der Waals surface area contributed by atoms with E-state index in [9.17, 15) is 5.11 Å². The van der Waals surface area contributed by atoms with Crippen molar-refractivity contribution < 1.29 is 5.11 Å². The zero-order valence-corrected chi connectivity index (χ0v) is 13.2. The molecule has 2 aromatic carbocycles. The summed E-state index contributed by atoms with van der Waals surface area (Å²) < 4.78 is 1.15. The Bertz CT molecular complexity index is 539. The average Bonchev–Trinajstić information content (AvgIpc) is 2.46. The molecule has 2 aromatic rings. The molecular weight excluding hydrogens is 314 g/mol. The van der Waals surface area contributed by atoms with Crippen molar-refractivity contribution in [3.8, 4) is 5.75 Å². The highest BCUT2D eigenvalue weighted by molar-refractivity contribution is 9.10. The van der Waals surface area contributed by atoms with Gasteiger partial charge in [-0.1, -0.05) is 46.3 Å². The van der Waals surface area contributed by atoms with E-state index in [1.165, 1.54) is 11.1 Å². The Kier molecular flexibility index (Phi) is 5.62. The molecular formula is C17H20BrNO. The number of rotatable bonds is 6. The summed E-state index contributed by atoms with van der Waals surface area (Å²) in [5.41, 5.74) is 2.54. The lowest BCUT2D eigenvalue weighted by Crippen LogP contribution is -2.26. The molecule has 0 spiro atoms. The zero-order valence-electron chi connectivity index (χ0n) is 11.6. The van der Waals surface area contributed by atoms with Gasteiger partial charge in [-0.05, 0) is 49.1 Å². The van der Waals surface area contributed by atoms with Gasteiger partial charge in [0.25, 0.3) is 0 Å². The maximum absolute atomic E-state index is 9.25. The Hall–Kier alpha value is -1.32. The van der Waals surface area contributed by atoms with Gasteiger partial charge in [-0.2, -0.15) is 0 Å². The quantitative estimate of drug-likeness (QED) is 0.827. The molecule has 1 atom stereocenters. The molecule has 3 heteroatoms. The smallest absolute Gasteiger partial charge is 0.115 e. The summed E-state index contributed by atoms with van der Waals surface area (Å²) in [6.45, 7) is 3.08. The lowest BCUT2D eigenvalue weighted by Gasteiger charge is -2.14. The number of aryl methyl sites for hydroxylation is 1. The molecule has 0 saturated heterocycles. The summed E-state index contributed by atoms with van der Waals surface area (Å²) in [5, 5.41) is 12.8. The molecule has 0 amide bonds. The van der Waals surface area contributed by atoms with Crippen molar-refractivity contribution >= 4 is 15.9 Å². The molecule has 0 bridgehead atoms. The van der Waals surface area contributed by atoms with Gasteiger partial charge in [0.2, 0.25) is 0 Å². The number of aromatic hydroxyl groups is 1. The minimum atomic E-state index is 0.328. The minimum absolute atomic E-state index is 0.328. The van der Waals surface area contributed by atoms with Gasteiger partial charge >= 0.3 is 0 Å². The highest BCUT2D eigenvalue weighted by atomic mass is 79.9. The normalized spacial score (nSPS) is 12.3. The van der Waals surface area contributed by atoms with Crippen LogP contribution in [0.5, 0.6) is 5.75 Å². The molecule has 2 rings (SSSR count). The van der Waals surface area contributed by atoms with E-state index in [4.69, 9.17) is 0 Å². The van der Waals surface area contributed by atoms with E-state index in [1.54, 1.807) is 12.1 Å². The summed E-state index contributed by atoms with van der Waals surface area (Å²) in [5.74, 6) is 0.328. The first kappa shape index (κ1) is 15.1. The van der Waals surface area contributed by atoms with Crippen LogP contribution >= 0.6 is 15.9 Å². The van der Waals surface area contributed by atoms with Gasteiger partial charge in [-0.25, -0.2) is 0 Å².